The van der Waals surface area contributed by atoms with E-state index >= 15 is 0 Å². The van der Waals surface area contributed by atoms with E-state index in [9.17, 15) is 9.90 Å². The fourth-order valence-electron chi connectivity index (χ4n) is 2.39. The highest BCUT2D eigenvalue weighted by molar-refractivity contribution is 5.88. The monoisotopic (exact) mass is 284 g/mol. The maximum Gasteiger partial charge on any atom is 0.225 e. The lowest BCUT2D eigenvalue weighted by atomic mass is 10.1. The number of hydrogen-bond donors (Lipinski definition) is 3. The molecule has 0 bridgehead atoms. The number of para-hydroxylation sites is 1. The third kappa shape index (κ3) is 2.83. The molecule has 2 aromatic heterocycles. The predicted octanol–water partition coefficient (Wildman–Crippen LogP) is 2.15. The molecule has 5 nitrogen and oxygen atoms in total. The molecule has 0 saturated carbocycles. The van der Waals surface area contributed by atoms with Crippen LogP contribution in [0.2, 0.25) is 0 Å². The van der Waals surface area contributed by atoms with Gasteiger partial charge in [-0.15, -0.1) is 0 Å². The zero-order valence-electron chi connectivity index (χ0n) is 11.4. The van der Waals surface area contributed by atoms with Crippen LogP contribution in [0.1, 0.15) is 17.4 Å². The van der Waals surface area contributed by atoms with E-state index in [1.165, 1.54) is 6.26 Å². The second kappa shape index (κ2) is 5.85. The summed E-state index contributed by atoms with van der Waals surface area (Å²) in [4.78, 5) is 15.3. The first-order valence-electron chi connectivity index (χ1n) is 6.76. The van der Waals surface area contributed by atoms with Crippen molar-refractivity contribution in [3.8, 4) is 0 Å². The molecule has 2 heterocycles. The molecule has 0 radical (unpaired) electrons. The van der Waals surface area contributed by atoms with Gasteiger partial charge in [0.05, 0.1) is 19.3 Å². The summed E-state index contributed by atoms with van der Waals surface area (Å²) in [5.41, 5.74) is 1.93. The number of carbonyl (C=O) groups is 1. The number of H-pyrrole nitrogens is 1. The number of rotatable bonds is 5. The summed E-state index contributed by atoms with van der Waals surface area (Å²) < 4.78 is 5.21. The van der Waals surface area contributed by atoms with E-state index < -0.39 is 6.04 Å². The maximum atomic E-state index is 12.1. The molecular weight excluding hydrogens is 268 g/mol. The van der Waals surface area contributed by atoms with Gasteiger partial charge in [0.25, 0.3) is 0 Å². The normalized spacial score (nSPS) is 12.4. The van der Waals surface area contributed by atoms with Crippen molar-refractivity contribution >= 4 is 16.8 Å². The average molecular weight is 284 g/mol. The molecule has 0 aliphatic heterocycles. The van der Waals surface area contributed by atoms with Crippen molar-refractivity contribution in [3.63, 3.8) is 0 Å². The Morgan fingerprint density at radius 3 is 2.90 bits per heavy atom. The van der Waals surface area contributed by atoms with Gasteiger partial charge in [-0.3, -0.25) is 4.79 Å². The average Bonchev–Trinajstić information content (AvgIpc) is 3.15. The number of benzene rings is 1. The van der Waals surface area contributed by atoms with Crippen LogP contribution >= 0.6 is 0 Å². The Kier molecular flexibility index (Phi) is 3.75. The summed E-state index contributed by atoms with van der Waals surface area (Å²) in [6, 6.07) is 10.8. The van der Waals surface area contributed by atoms with Gasteiger partial charge in [-0.2, -0.15) is 0 Å². The molecule has 21 heavy (non-hydrogen) atoms. The molecule has 0 aliphatic carbocycles. The SMILES string of the molecule is O=C(Cc1c[nH]c2ccccc12)NC(CO)c1ccco1. The van der Waals surface area contributed by atoms with Crippen LogP contribution in [0.15, 0.2) is 53.3 Å². The van der Waals surface area contributed by atoms with Crippen LogP contribution in [0.3, 0.4) is 0 Å². The van der Waals surface area contributed by atoms with Crippen LogP contribution in [-0.2, 0) is 11.2 Å². The van der Waals surface area contributed by atoms with Crippen molar-refractivity contribution in [2.75, 3.05) is 6.61 Å². The molecule has 1 aromatic carbocycles. The van der Waals surface area contributed by atoms with E-state index in [0.717, 1.165) is 16.5 Å². The van der Waals surface area contributed by atoms with E-state index in [0.29, 0.717) is 5.76 Å². The third-order valence-electron chi connectivity index (χ3n) is 3.43. The molecule has 1 atom stereocenters. The third-order valence-corrected chi connectivity index (χ3v) is 3.43. The molecule has 0 fully saturated rings. The Morgan fingerprint density at radius 1 is 1.29 bits per heavy atom. The van der Waals surface area contributed by atoms with Gasteiger partial charge in [0.2, 0.25) is 5.91 Å². The van der Waals surface area contributed by atoms with E-state index in [-0.39, 0.29) is 18.9 Å². The highest BCUT2D eigenvalue weighted by Gasteiger charge is 2.17. The van der Waals surface area contributed by atoms with Gasteiger partial charge in [-0.05, 0) is 23.8 Å². The van der Waals surface area contributed by atoms with Gasteiger partial charge in [-0.25, -0.2) is 0 Å². The number of carbonyl (C=O) groups excluding carboxylic acids is 1. The van der Waals surface area contributed by atoms with Crippen molar-refractivity contribution in [3.05, 3.63) is 60.2 Å². The van der Waals surface area contributed by atoms with Gasteiger partial charge in [-0.1, -0.05) is 18.2 Å². The van der Waals surface area contributed by atoms with E-state index in [2.05, 4.69) is 10.3 Å². The Labute approximate surface area is 121 Å². The predicted molar refractivity (Wildman–Crippen MR) is 78.7 cm³/mol. The number of nitrogens with one attached hydrogen (secondary N) is 2. The molecule has 1 unspecified atom stereocenters. The standard InChI is InChI=1S/C16H16N2O3/c19-10-14(15-6-3-7-21-15)18-16(20)8-11-9-17-13-5-2-1-4-12(11)13/h1-7,9,14,17,19H,8,10H2,(H,18,20). The molecule has 3 rings (SSSR count). The highest BCUT2D eigenvalue weighted by atomic mass is 16.3. The fourth-order valence-corrected chi connectivity index (χ4v) is 2.39. The van der Waals surface area contributed by atoms with Crippen LogP contribution in [-0.4, -0.2) is 22.6 Å². The first-order valence-corrected chi connectivity index (χ1v) is 6.76. The number of hydrogen-bond acceptors (Lipinski definition) is 3. The summed E-state index contributed by atoms with van der Waals surface area (Å²) in [5, 5.41) is 13.2. The van der Waals surface area contributed by atoms with Gasteiger partial charge in [0.1, 0.15) is 11.8 Å². The molecular formula is C16H16N2O3. The fraction of sp³-hybridized carbons (Fsp3) is 0.188. The van der Waals surface area contributed by atoms with Crippen molar-refractivity contribution < 1.29 is 14.3 Å². The molecule has 3 aromatic rings. The Hall–Kier alpha value is -2.53. The minimum absolute atomic E-state index is 0.157. The summed E-state index contributed by atoms with van der Waals surface area (Å²) in [6.45, 7) is -0.201. The van der Waals surface area contributed by atoms with Gasteiger partial charge >= 0.3 is 0 Å². The van der Waals surface area contributed by atoms with Gasteiger partial charge < -0.3 is 19.8 Å². The van der Waals surface area contributed by atoms with E-state index in [1.54, 1.807) is 12.1 Å². The van der Waals surface area contributed by atoms with Gasteiger partial charge in [0.15, 0.2) is 0 Å². The van der Waals surface area contributed by atoms with Crippen LogP contribution < -0.4 is 5.32 Å². The summed E-state index contributed by atoms with van der Waals surface area (Å²) >= 11 is 0. The largest absolute Gasteiger partial charge is 0.467 e. The molecule has 0 aliphatic rings. The van der Waals surface area contributed by atoms with Crippen molar-refractivity contribution in [2.24, 2.45) is 0 Å². The Bertz CT molecular complexity index is 731. The van der Waals surface area contributed by atoms with Crippen LogP contribution in [0.25, 0.3) is 10.9 Å². The molecule has 1 amide bonds. The maximum absolute atomic E-state index is 12.1. The lowest BCUT2D eigenvalue weighted by molar-refractivity contribution is -0.121. The van der Waals surface area contributed by atoms with Gasteiger partial charge in [0, 0.05) is 17.1 Å². The van der Waals surface area contributed by atoms with Crippen molar-refractivity contribution in [1.29, 1.82) is 0 Å². The van der Waals surface area contributed by atoms with E-state index in [4.69, 9.17) is 4.42 Å². The number of amides is 1. The number of aromatic nitrogens is 1. The zero-order valence-corrected chi connectivity index (χ0v) is 11.4. The molecule has 0 spiro atoms. The number of aliphatic hydroxyl groups excluding tert-OH is 1. The van der Waals surface area contributed by atoms with Crippen molar-refractivity contribution in [2.45, 2.75) is 12.5 Å². The molecule has 108 valence electrons. The number of aliphatic hydroxyl groups is 1. The summed E-state index contributed by atoms with van der Waals surface area (Å²) in [7, 11) is 0. The number of fused-ring (bicyclic) bond motifs is 1. The second-order valence-corrected chi connectivity index (χ2v) is 4.85. The smallest absolute Gasteiger partial charge is 0.225 e. The van der Waals surface area contributed by atoms with Crippen LogP contribution in [0.4, 0.5) is 0 Å². The Balaban J connectivity index is 1.71. The summed E-state index contributed by atoms with van der Waals surface area (Å²) in [6.07, 6.45) is 3.61. The van der Waals surface area contributed by atoms with E-state index in [1.807, 2.05) is 30.5 Å². The lowest BCUT2D eigenvalue weighted by Gasteiger charge is -2.13. The van der Waals surface area contributed by atoms with Crippen LogP contribution in [0, 0.1) is 0 Å². The topological polar surface area (TPSA) is 78.3 Å². The number of aromatic amines is 1. The quantitative estimate of drug-likeness (QED) is 0.671. The molecule has 0 saturated heterocycles. The van der Waals surface area contributed by atoms with Crippen molar-refractivity contribution in [1.82, 2.24) is 10.3 Å². The molecule has 5 heteroatoms. The first-order chi connectivity index (χ1) is 10.3. The van der Waals surface area contributed by atoms with Crippen LogP contribution in [0.5, 0.6) is 0 Å². The zero-order chi connectivity index (χ0) is 14.7. The summed E-state index contributed by atoms with van der Waals surface area (Å²) in [5.74, 6) is 0.389. The number of furan rings is 1. The molecule has 3 N–H and O–H groups in total. The minimum atomic E-state index is -0.516. The Morgan fingerprint density at radius 2 is 2.14 bits per heavy atom. The highest BCUT2D eigenvalue weighted by Crippen LogP contribution is 2.19. The second-order valence-electron chi connectivity index (χ2n) is 4.85. The first kappa shape index (κ1) is 13.5. The lowest BCUT2D eigenvalue weighted by Crippen LogP contribution is -2.31. The minimum Gasteiger partial charge on any atom is -0.467 e.